The Hall–Kier alpha value is -1.46. The highest BCUT2D eigenvalue weighted by Gasteiger charge is 2.20. The topological polar surface area (TPSA) is 57.2 Å². The van der Waals surface area contributed by atoms with E-state index in [9.17, 15) is 5.11 Å². The van der Waals surface area contributed by atoms with Crippen LogP contribution in [-0.2, 0) is 11.3 Å². The van der Waals surface area contributed by atoms with Crippen molar-refractivity contribution in [3.05, 3.63) is 17.7 Å². The van der Waals surface area contributed by atoms with E-state index >= 15 is 0 Å². The minimum Gasteiger partial charge on any atom is -0.490 e. The zero-order valence-corrected chi connectivity index (χ0v) is 10.1. The maximum atomic E-state index is 9.33. The summed E-state index contributed by atoms with van der Waals surface area (Å²) >= 11 is 0. The van der Waals surface area contributed by atoms with Crippen molar-refractivity contribution >= 4 is 0 Å². The van der Waals surface area contributed by atoms with E-state index in [1.807, 2.05) is 0 Å². The van der Waals surface area contributed by atoms with Gasteiger partial charge >= 0.3 is 0 Å². The summed E-state index contributed by atoms with van der Waals surface area (Å²) in [5.41, 5.74) is 0.706. The third-order valence-electron chi connectivity index (χ3n) is 3.17. The Morgan fingerprint density at radius 2 is 2.11 bits per heavy atom. The van der Waals surface area contributed by atoms with Crippen molar-refractivity contribution in [1.82, 2.24) is 0 Å². The summed E-state index contributed by atoms with van der Waals surface area (Å²) in [7, 11) is 0. The number of fused-ring (bicyclic) bond motifs is 1. The summed E-state index contributed by atoms with van der Waals surface area (Å²) in [6.07, 6.45) is 2.27. The number of benzene rings is 1. The smallest absolute Gasteiger partial charge is 0.231 e. The summed E-state index contributed by atoms with van der Waals surface area (Å²) in [5, 5.41) is 9.33. The molecule has 0 amide bonds. The predicted octanol–water partition coefficient (Wildman–Crippen LogP) is 1.47. The molecule has 1 N–H and O–H groups in total. The van der Waals surface area contributed by atoms with Gasteiger partial charge in [0.15, 0.2) is 11.5 Å². The van der Waals surface area contributed by atoms with Gasteiger partial charge in [-0.05, 0) is 18.9 Å². The van der Waals surface area contributed by atoms with Crippen LogP contribution in [0.4, 0.5) is 0 Å². The zero-order valence-electron chi connectivity index (χ0n) is 10.1. The Kier molecular flexibility index (Phi) is 3.25. The molecule has 0 bridgehead atoms. The van der Waals surface area contributed by atoms with Crippen molar-refractivity contribution in [3.63, 3.8) is 0 Å². The first-order chi connectivity index (χ1) is 8.86. The van der Waals surface area contributed by atoms with Gasteiger partial charge in [-0.3, -0.25) is 0 Å². The van der Waals surface area contributed by atoms with Gasteiger partial charge in [0.1, 0.15) is 12.4 Å². The highest BCUT2D eigenvalue weighted by Crippen LogP contribution is 2.38. The monoisotopic (exact) mass is 252 g/mol. The van der Waals surface area contributed by atoms with E-state index < -0.39 is 0 Å². The van der Waals surface area contributed by atoms with Crippen LogP contribution in [-0.4, -0.2) is 31.2 Å². The standard InChI is InChI=1S/C13H16O5/c14-6-9-4-12-13(18-8-17-12)5-11(9)16-7-10-2-1-3-15-10/h4-5,10,14H,1-3,6-8H2. The van der Waals surface area contributed by atoms with Gasteiger partial charge in [0.05, 0.1) is 12.7 Å². The van der Waals surface area contributed by atoms with E-state index in [2.05, 4.69) is 0 Å². The minimum absolute atomic E-state index is 0.0858. The normalized spacial score (nSPS) is 21.3. The Bertz CT molecular complexity index is 426. The summed E-state index contributed by atoms with van der Waals surface area (Å²) in [4.78, 5) is 0. The molecule has 1 aromatic rings. The molecule has 0 saturated carbocycles. The van der Waals surface area contributed by atoms with Crippen LogP contribution in [0.5, 0.6) is 17.2 Å². The third kappa shape index (κ3) is 2.23. The predicted molar refractivity (Wildman–Crippen MR) is 63.0 cm³/mol. The van der Waals surface area contributed by atoms with Crippen LogP contribution in [0.3, 0.4) is 0 Å². The number of aliphatic hydroxyl groups is 1. The molecular weight excluding hydrogens is 236 g/mol. The van der Waals surface area contributed by atoms with Gasteiger partial charge in [-0.2, -0.15) is 0 Å². The van der Waals surface area contributed by atoms with Gasteiger partial charge < -0.3 is 24.1 Å². The molecule has 0 aliphatic carbocycles. The van der Waals surface area contributed by atoms with Crippen molar-refractivity contribution in [2.45, 2.75) is 25.6 Å². The van der Waals surface area contributed by atoms with E-state index in [1.54, 1.807) is 12.1 Å². The van der Waals surface area contributed by atoms with Gasteiger partial charge in [0.2, 0.25) is 6.79 Å². The fraction of sp³-hybridized carbons (Fsp3) is 0.538. The molecule has 18 heavy (non-hydrogen) atoms. The molecular formula is C13H16O5. The van der Waals surface area contributed by atoms with Crippen LogP contribution in [0.25, 0.3) is 0 Å². The van der Waals surface area contributed by atoms with Gasteiger partial charge in [-0.15, -0.1) is 0 Å². The average Bonchev–Trinajstić information content (AvgIpc) is 3.05. The lowest BCUT2D eigenvalue weighted by atomic mass is 10.2. The number of hydrogen-bond acceptors (Lipinski definition) is 5. The van der Waals surface area contributed by atoms with Gasteiger partial charge in [0.25, 0.3) is 0 Å². The number of hydrogen-bond donors (Lipinski definition) is 1. The van der Waals surface area contributed by atoms with Crippen molar-refractivity contribution in [1.29, 1.82) is 0 Å². The van der Waals surface area contributed by atoms with Crippen LogP contribution in [0, 0.1) is 0 Å². The first kappa shape index (κ1) is 11.6. The molecule has 0 radical (unpaired) electrons. The van der Waals surface area contributed by atoms with Crippen LogP contribution >= 0.6 is 0 Å². The average molecular weight is 252 g/mol. The highest BCUT2D eigenvalue weighted by atomic mass is 16.7. The van der Waals surface area contributed by atoms with Crippen LogP contribution in [0.15, 0.2) is 12.1 Å². The van der Waals surface area contributed by atoms with Crippen molar-refractivity contribution < 1.29 is 24.1 Å². The minimum atomic E-state index is -0.0858. The Morgan fingerprint density at radius 3 is 2.83 bits per heavy atom. The van der Waals surface area contributed by atoms with E-state index in [0.717, 1.165) is 19.4 Å². The molecule has 2 heterocycles. The molecule has 1 atom stereocenters. The maximum absolute atomic E-state index is 9.33. The van der Waals surface area contributed by atoms with E-state index in [0.29, 0.717) is 29.4 Å². The van der Waals surface area contributed by atoms with E-state index in [4.69, 9.17) is 18.9 Å². The SMILES string of the molecule is OCc1cc2c(cc1OCC1CCCO1)OCO2. The molecule has 2 aliphatic heterocycles. The van der Waals surface area contributed by atoms with Gasteiger partial charge in [-0.25, -0.2) is 0 Å². The summed E-state index contributed by atoms with van der Waals surface area (Å²) in [6.45, 7) is 1.45. The summed E-state index contributed by atoms with van der Waals surface area (Å²) in [5.74, 6) is 1.95. The second-order valence-electron chi connectivity index (χ2n) is 4.42. The number of ether oxygens (including phenoxy) is 4. The summed E-state index contributed by atoms with van der Waals surface area (Å²) < 4.78 is 21.8. The van der Waals surface area contributed by atoms with Crippen LogP contribution in [0.1, 0.15) is 18.4 Å². The fourth-order valence-corrected chi connectivity index (χ4v) is 2.18. The second-order valence-corrected chi connectivity index (χ2v) is 4.42. The Labute approximate surface area is 105 Å². The molecule has 1 fully saturated rings. The largest absolute Gasteiger partial charge is 0.490 e. The van der Waals surface area contributed by atoms with Crippen molar-refractivity contribution in [2.24, 2.45) is 0 Å². The lowest BCUT2D eigenvalue weighted by molar-refractivity contribution is 0.0670. The van der Waals surface area contributed by atoms with E-state index in [1.165, 1.54) is 0 Å². The Balaban J connectivity index is 1.73. The molecule has 1 saturated heterocycles. The first-order valence-corrected chi connectivity index (χ1v) is 6.14. The molecule has 3 rings (SSSR count). The summed E-state index contributed by atoms with van der Waals surface area (Å²) in [6, 6.07) is 3.52. The molecule has 2 aliphatic rings. The van der Waals surface area contributed by atoms with Crippen molar-refractivity contribution in [2.75, 3.05) is 20.0 Å². The third-order valence-corrected chi connectivity index (χ3v) is 3.17. The van der Waals surface area contributed by atoms with Gasteiger partial charge in [-0.1, -0.05) is 0 Å². The first-order valence-electron chi connectivity index (χ1n) is 6.14. The zero-order chi connectivity index (χ0) is 12.4. The number of rotatable bonds is 4. The molecule has 98 valence electrons. The lowest BCUT2D eigenvalue weighted by Gasteiger charge is -2.14. The molecule has 5 nitrogen and oxygen atoms in total. The molecule has 1 unspecified atom stereocenters. The van der Waals surface area contributed by atoms with Crippen LogP contribution < -0.4 is 14.2 Å². The quantitative estimate of drug-likeness (QED) is 0.879. The molecule has 0 spiro atoms. The molecule has 1 aromatic carbocycles. The highest BCUT2D eigenvalue weighted by molar-refractivity contribution is 5.51. The lowest BCUT2D eigenvalue weighted by Crippen LogP contribution is -2.16. The Morgan fingerprint density at radius 1 is 1.28 bits per heavy atom. The van der Waals surface area contributed by atoms with Gasteiger partial charge in [0, 0.05) is 18.2 Å². The second kappa shape index (κ2) is 5.04. The van der Waals surface area contributed by atoms with Crippen molar-refractivity contribution in [3.8, 4) is 17.2 Å². The van der Waals surface area contributed by atoms with Crippen LogP contribution in [0.2, 0.25) is 0 Å². The molecule has 5 heteroatoms. The maximum Gasteiger partial charge on any atom is 0.231 e. The number of aliphatic hydroxyl groups excluding tert-OH is 1. The van der Waals surface area contributed by atoms with E-state index in [-0.39, 0.29) is 19.5 Å². The fourth-order valence-electron chi connectivity index (χ4n) is 2.18. The molecule has 0 aromatic heterocycles.